The zero-order valence-electron chi connectivity index (χ0n) is 23.5. The first-order chi connectivity index (χ1) is 19.2. The Morgan fingerprint density at radius 1 is 0.775 bits per heavy atom. The van der Waals surface area contributed by atoms with Gasteiger partial charge in [-0.3, -0.25) is 4.79 Å². The van der Waals surface area contributed by atoms with Crippen LogP contribution in [0.4, 0.5) is 0 Å². The fourth-order valence-corrected chi connectivity index (χ4v) is 4.43. The third-order valence-electron chi connectivity index (χ3n) is 6.33. The molecule has 3 aromatic rings. The van der Waals surface area contributed by atoms with Crippen LogP contribution in [0.5, 0.6) is 34.5 Å². The number of para-hydroxylation sites is 2. The van der Waals surface area contributed by atoms with Crippen molar-refractivity contribution in [3.05, 3.63) is 65.5 Å². The van der Waals surface area contributed by atoms with E-state index in [1.807, 2.05) is 12.1 Å². The average molecular weight is 555 g/mol. The summed E-state index contributed by atoms with van der Waals surface area (Å²) in [7, 11) is 7.47. The van der Waals surface area contributed by atoms with Crippen LogP contribution in [0.3, 0.4) is 0 Å². The fraction of sp³-hybridized carbons (Fsp3) is 0.345. The van der Waals surface area contributed by atoms with E-state index >= 15 is 0 Å². The molecule has 3 rings (SSSR count). The van der Waals surface area contributed by atoms with E-state index in [1.165, 1.54) is 54.7 Å². The van der Waals surface area contributed by atoms with E-state index in [0.717, 1.165) is 0 Å². The predicted molar refractivity (Wildman–Crippen MR) is 146 cm³/mol. The lowest BCUT2D eigenvalue weighted by Gasteiger charge is -2.29. The van der Waals surface area contributed by atoms with Gasteiger partial charge < -0.3 is 38.8 Å². The van der Waals surface area contributed by atoms with Gasteiger partial charge in [-0.2, -0.15) is 0 Å². The monoisotopic (exact) mass is 554 g/mol. The number of carbonyl (C=O) groups excluding carboxylic acids is 2. The number of hydrogen-bond acceptors (Lipinski definition) is 10. The Kier molecular flexibility index (Phi) is 10.0. The lowest BCUT2D eigenvalue weighted by atomic mass is 9.85. The van der Waals surface area contributed by atoms with Gasteiger partial charge in [0.05, 0.1) is 41.5 Å². The van der Waals surface area contributed by atoms with Crippen molar-refractivity contribution in [2.45, 2.75) is 31.9 Å². The molecule has 1 aromatic heterocycles. The smallest absolute Gasteiger partial charge is 0.328 e. The quantitative estimate of drug-likeness (QED) is 0.319. The van der Waals surface area contributed by atoms with Crippen LogP contribution >= 0.6 is 0 Å². The van der Waals surface area contributed by atoms with Gasteiger partial charge in [0.15, 0.2) is 40.2 Å². The number of hydrogen-bond donors (Lipinski definition) is 2. The third-order valence-corrected chi connectivity index (χ3v) is 6.33. The molecule has 1 heterocycles. The number of carbonyl (C=O) groups is 2. The molecule has 1 amide bonds. The van der Waals surface area contributed by atoms with Crippen LogP contribution in [-0.4, -0.2) is 69.7 Å². The summed E-state index contributed by atoms with van der Waals surface area (Å²) in [5.41, 5.74) is 1.07. The second-order valence-corrected chi connectivity index (χ2v) is 8.69. The molecule has 0 fully saturated rings. The molecular weight excluding hydrogens is 520 g/mol. The minimum atomic E-state index is -1.08. The largest absolute Gasteiger partial charge is 0.503 e. The van der Waals surface area contributed by atoms with Crippen molar-refractivity contribution in [2.75, 3.05) is 35.5 Å². The van der Waals surface area contributed by atoms with Crippen molar-refractivity contribution in [3.8, 4) is 34.5 Å². The van der Waals surface area contributed by atoms with E-state index in [2.05, 4.69) is 10.3 Å². The summed E-state index contributed by atoms with van der Waals surface area (Å²) in [6.07, 6.45) is 0.531. The van der Waals surface area contributed by atoms with Crippen LogP contribution in [0.25, 0.3) is 0 Å². The molecule has 2 N–H and O–H groups in total. The Morgan fingerprint density at radius 2 is 1.30 bits per heavy atom. The number of benzene rings is 2. The maximum Gasteiger partial charge on any atom is 0.328 e. The molecule has 0 aliphatic carbocycles. The van der Waals surface area contributed by atoms with E-state index < -0.39 is 35.7 Å². The summed E-state index contributed by atoms with van der Waals surface area (Å²) in [5, 5.41) is 12.8. The van der Waals surface area contributed by atoms with Crippen LogP contribution in [0.15, 0.2) is 48.7 Å². The normalized spacial score (nSPS) is 12.2. The summed E-state index contributed by atoms with van der Waals surface area (Å²) in [6.45, 7) is 3.20. The van der Waals surface area contributed by atoms with Gasteiger partial charge in [-0.15, -0.1) is 0 Å². The Hall–Kier alpha value is -4.67. The molecule has 2 aromatic carbocycles. The zero-order chi connectivity index (χ0) is 29.4. The van der Waals surface area contributed by atoms with Crippen LogP contribution in [0.2, 0.25) is 0 Å². The topological polar surface area (TPSA) is 135 Å². The number of rotatable bonds is 12. The highest BCUT2D eigenvalue weighted by atomic mass is 16.5. The van der Waals surface area contributed by atoms with Gasteiger partial charge in [-0.05, 0) is 26.0 Å². The zero-order valence-corrected chi connectivity index (χ0v) is 23.5. The maximum atomic E-state index is 13.2. The molecule has 11 nitrogen and oxygen atoms in total. The van der Waals surface area contributed by atoms with Crippen molar-refractivity contribution >= 4 is 11.9 Å². The number of aromatic nitrogens is 1. The molecular formula is C29H34N2O9. The molecule has 0 unspecified atom stereocenters. The van der Waals surface area contributed by atoms with Crippen molar-refractivity contribution < 1.29 is 43.1 Å². The first-order valence-corrected chi connectivity index (χ1v) is 12.4. The van der Waals surface area contributed by atoms with E-state index in [0.29, 0.717) is 34.1 Å². The summed E-state index contributed by atoms with van der Waals surface area (Å²) in [5.74, 6) is -0.518. The van der Waals surface area contributed by atoms with Gasteiger partial charge in [0.25, 0.3) is 5.91 Å². The highest BCUT2D eigenvalue weighted by molar-refractivity contribution is 5.97. The molecule has 214 valence electrons. The summed E-state index contributed by atoms with van der Waals surface area (Å²) >= 11 is 0. The highest BCUT2D eigenvalue weighted by Crippen LogP contribution is 2.45. The molecule has 0 spiro atoms. The second kappa shape index (κ2) is 13.4. The van der Waals surface area contributed by atoms with Crippen LogP contribution in [0.1, 0.15) is 41.4 Å². The maximum absolute atomic E-state index is 13.2. The number of methoxy groups -OCH3 is 5. The molecule has 0 saturated carbocycles. The molecule has 2 atom stereocenters. The average Bonchev–Trinajstić information content (AvgIpc) is 2.96. The number of ether oxygens (including phenoxy) is 6. The van der Waals surface area contributed by atoms with Crippen molar-refractivity contribution in [1.82, 2.24) is 10.3 Å². The molecule has 0 bridgehead atoms. The van der Waals surface area contributed by atoms with Gasteiger partial charge in [-0.25, -0.2) is 9.78 Å². The lowest BCUT2D eigenvalue weighted by Crippen LogP contribution is -2.41. The Morgan fingerprint density at radius 3 is 1.77 bits per heavy atom. The predicted octanol–water partition coefficient (Wildman–Crippen LogP) is 3.71. The van der Waals surface area contributed by atoms with Gasteiger partial charge in [0.2, 0.25) is 0 Å². The Bertz CT molecular complexity index is 1290. The van der Waals surface area contributed by atoms with E-state index in [-0.39, 0.29) is 11.4 Å². The lowest BCUT2D eigenvalue weighted by molar-refractivity contribution is -0.150. The van der Waals surface area contributed by atoms with Crippen molar-refractivity contribution in [1.29, 1.82) is 0 Å². The molecule has 11 heteroatoms. The summed E-state index contributed by atoms with van der Waals surface area (Å²) in [4.78, 5) is 29.8. The molecule has 0 aliphatic rings. The van der Waals surface area contributed by atoms with Crippen molar-refractivity contribution in [3.63, 3.8) is 0 Å². The molecule has 0 saturated heterocycles. The number of esters is 1. The van der Waals surface area contributed by atoms with Crippen LogP contribution in [-0.2, 0) is 9.53 Å². The van der Waals surface area contributed by atoms with Gasteiger partial charge >= 0.3 is 5.97 Å². The molecule has 0 radical (unpaired) electrons. The van der Waals surface area contributed by atoms with Gasteiger partial charge in [0.1, 0.15) is 12.1 Å². The highest BCUT2D eigenvalue weighted by Gasteiger charge is 2.33. The number of amides is 1. The number of nitrogens with one attached hydrogen (secondary N) is 1. The molecule has 40 heavy (non-hydrogen) atoms. The van der Waals surface area contributed by atoms with E-state index in [4.69, 9.17) is 28.4 Å². The summed E-state index contributed by atoms with van der Waals surface area (Å²) in [6, 6.07) is 11.2. The third kappa shape index (κ3) is 6.14. The number of aromatic hydroxyl groups is 1. The Balaban J connectivity index is 1.96. The van der Waals surface area contributed by atoms with Crippen LogP contribution < -0.4 is 29.0 Å². The van der Waals surface area contributed by atoms with E-state index in [1.54, 1.807) is 31.2 Å². The standard InChI is InChI=1S/C29H34N2O9/c1-16(31-28(33)24-25(32)20(35-3)14-15-30-24)29(34)40-17(2)23(18-10-8-12-21(36-4)26(18)38-6)19-11-9-13-22(37-5)27(19)39-7/h8-17,23,32H,1-7H3,(H,31,33)/t16-,17-/m0/s1. The first kappa shape index (κ1) is 29.9. The second-order valence-electron chi connectivity index (χ2n) is 8.69. The fourth-order valence-electron chi connectivity index (χ4n) is 4.43. The summed E-state index contributed by atoms with van der Waals surface area (Å²) < 4.78 is 33.3. The van der Waals surface area contributed by atoms with E-state index in [9.17, 15) is 14.7 Å². The van der Waals surface area contributed by atoms with Gasteiger partial charge in [-0.1, -0.05) is 24.3 Å². The van der Waals surface area contributed by atoms with Gasteiger partial charge in [0, 0.05) is 23.4 Å². The SMILES string of the molecule is COc1ccnc(C(=O)N[C@@H](C)C(=O)O[C@@H](C)C(c2cccc(OC)c2OC)c2cccc(OC)c2OC)c1O. The Labute approximate surface area is 232 Å². The minimum absolute atomic E-state index is 0.0753. The first-order valence-electron chi connectivity index (χ1n) is 12.4. The van der Waals surface area contributed by atoms with Crippen LogP contribution in [0, 0.1) is 0 Å². The minimum Gasteiger partial charge on any atom is -0.503 e. The van der Waals surface area contributed by atoms with Crippen molar-refractivity contribution in [2.24, 2.45) is 0 Å². The number of nitrogens with zero attached hydrogens (tertiary/aromatic N) is 1. The number of pyridine rings is 1. The molecule has 0 aliphatic heterocycles.